The number of fused-ring (bicyclic) bond motifs is 1. The topological polar surface area (TPSA) is 55.1 Å². The Kier molecular flexibility index (Phi) is 2.23. The van der Waals surface area contributed by atoms with Crippen LogP contribution in [-0.2, 0) is 4.79 Å². The fourth-order valence-electron chi connectivity index (χ4n) is 3.36. The lowest BCUT2D eigenvalue weighted by Gasteiger charge is -2.16. The molecule has 0 heterocycles. The first kappa shape index (κ1) is 9.64. The van der Waals surface area contributed by atoms with E-state index >= 15 is 0 Å². The van der Waals surface area contributed by atoms with Crippen molar-refractivity contribution in [3.8, 4) is 0 Å². The van der Waals surface area contributed by atoms with E-state index in [-0.39, 0.29) is 6.04 Å². The van der Waals surface area contributed by atoms with Gasteiger partial charge in [0.05, 0.1) is 0 Å². The predicted molar refractivity (Wildman–Crippen MR) is 58.0 cm³/mol. The highest BCUT2D eigenvalue weighted by molar-refractivity contribution is 5.82. The molecule has 0 aromatic carbocycles. The molecule has 0 aromatic rings. The molecule has 0 radical (unpaired) electrons. The van der Waals surface area contributed by atoms with E-state index in [0.717, 1.165) is 11.8 Å². The van der Waals surface area contributed by atoms with Crippen LogP contribution in [0.3, 0.4) is 0 Å². The van der Waals surface area contributed by atoms with E-state index < -0.39 is 0 Å². The molecule has 3 N–H and O–H groups in total. The number of rotatable bonds is 4. The van der Waals surface area contributed by atoms with Crippen LogP contribution < -0.4 is 11.1 Å². The van der Waals surface area contributed by atoms with Gasteiger partial charge >= 0.3 is 0 Å². The highest BCUT2D eigenvalue weighted by Crippen LogP contribution is 2.57. The molecule has 84 valence electrons. The Morgan fingerprint density at radius 2 is 1.93 bits per heavy atom. The molecule has 3 rings (SSSR count). The fourth-order valence-corrected chi connectivity index (χ4v) is 3.36. The van der Waals surface area contributed by atoms with Crippen molar-refractivity contribution in [3.05, 3.63) is 0 Å². The number of hydrogen-bond acceptors (Lipinski definition) is 2. The third-order valence-electron chi connectivity index (χ3n) is 4.48. The summed E-state index contributed by atoms with van der Waals surface area (Å²) in [7, 11) is 0. The number of nitrogens with two attached hydrogens (primary N) is 1. The molecule has 0 aromatic heterocycles. The molecule has 3 heteroatoms. The van der Waals surface area contributed by atoms with Crippen molar-refractivity contribution in [1.82, 2.24) is 5.32 Å². The van der Waals surface area contributed by atoms with E-state index in [0.29, 0.717) is 24.3 Å². The predicted octanol–water partition coefficient (Wildman–Crippen LogP) is 0.886. The summed E-state index contributed by atoms with van der Waals surface area (Å²) in [6, 6.07) is 0.263. The van der Waals surface area contributed by atoms with E-state index in [9.17, 15) is 4.79 Å². The third kappa shape index (κ3) is 1.67. The van der Waals surface area contributed by atoms with Gasteiger partial charge in [-0.3, -0.25) is 4.79 Å². The van der Waals surface area contributed by atoms with Gasteiger partial charge < -0.3 is 11.1 Å². The van der Waals surface area contributed by atoms with Gasteiger partial charge in [0.25, 0.3) is 0 Å². The van der Waals surface area contributed by atoms with Crippen molar-refractivity contribution in [1.29, 1.82) is 0 Å². The molecule has 0 aliphatic heterocycles. The molecule has 3 atom stereocenters. The zero-order valence-corrected chi connectivity index (χ0v) is 9.11. The molecule has 3 unspecified atom stereocenters. The first-order chi connectivity index (χ1) is 7.31. The second kappa shape index (κ2) is 3.48. The average Bonchev–Trinajstić information content (AvgIpc) is 3.15. The monoisotopic (exact) mass is 208 g/mol. The van der Waals surface area contributed by atoms with Crippen LogP contribution in [0.15, 0.2) is 0 Å². The number of carbonyl (C=O) groups is 1. The summed E-state index contributed by atoms with van der Waals surface area (Å²) in [5.41, 5.74) is 5.68. The van der Waals surface area contributed by atoms with Gasteiger partial charge in [0.1, 0.15) is 0 Å². The van der Waals surface area contributed by atoms with Gasteiger partial charge in [0.2, 0.25) is 5.91 Å². The highest BCUT2D eigenvalue weighted by Gasteiger charge is 2.56. The van der Waals surface area contributed by atoms with Crippen molar-refractivity contribution >= 4 is 5.91 Å². The maximum absolute atomic E-state index is 12.0. The molecule has 0 bridgehead atoms. The standard InChI is InChI=1S/C12H20N2O/c13-6-10(7-4-5-7)14-12(15)11-8-2-1-3-9(8)11/h7-11H,1-6,13H2,(H,14,15). The normalized spacial score (nSPS) is 39.7. The van der Waals surface area contributed by atoms with Crippen LogP contribution >= 0.6 is 0 Å². The summed E-state index contributed by atoms with van der Waals surface area (Å²) < 4.78 is 0. The largest absolute Gasteiger partial charge is 0.352 e. The summed E-state index contributed by atoms with van der Waals surface area (Å²) in [6.07, 6.45) is 6.39. The molecular formula is C12H20N2O. The molecule has 3 fully saturated rings. The first-order valence-electron chi connectivity index (χ1n) is 6.31. The minimum absolute atomic E-state index is 0.263. The number of hydrogen-bond donors (Lipinski definition) is 2. The molecular weight excluding hydrogens is 188 g/mol. The van der Waals surface area contributed by atoms with Crippen molar-refractivity contribution in [3.63, 3.8) is 0 Å². The molecule has 0 spiro atoms. The van der Waals surface area contributed by atoms with Crippen LogP contribution in [0.4, 0.5) is 0 Å². The zero-order chi connectivity index (χ0) is 10.4. The minimum atomic E-state index is 0.263. The summed E-state index contributed by atoms with van der Waals surface area (Å²) in [4.78, 5) is 12.0. The maximum Gasteiger partial charge on any atom is 0.223 e. The number of amides is 1. The zero-order valence-electron chi connectivity index (χ0n) is 9.11. The Hall–Kier alpha value is -0.570. The second-order valence-corrected chi connectivity index (χ2v) is 5.47. The molecule has 1 amide bonds. The quantitative estimate of drug-likeness (QED) is 0.721. The molecule has 3 nitrogen and oxygen atoms in total. The van der Waals surface area contributed by atoms with Gasteiger partial charge in [-0.15, -0.1) is 0 Å². The fraction of sp³-hybridized carbons (Fsp3) is 0.917. The lowest BCUT2D eigenvalue weighted by atomic mass is 10.1. The van der Waals surface area contributed by atoms with Gasteiger partial charge in [-0.1, -0.05) is 6.42 Å². The Morgan fingerprint density at radius 1 is 1.27 bits per heavy atom. The first-order valence-corrected chi connectivity index (χ1v) is 6.31. The Bertz CT molecular complexity index is 265. The summed E-state index contributed by atoms with van der Waals surface area (Å²) in [6.45, 7) is 0.610. The second-order valence-electron chi connectivity index (χ2n) is 5.47. The van der Waals surface area contributed by atoms with Crippen LogP contribution in [0, 0.1) is 23.7 Å². The van der Waals surface area contributed by atoms with Crippen LogP contribution in [0.5, 0.6) is 0 Å². The van der Waals surface area contributed by atoms with Crippen molar-refractivity contribution in [2.75, 3.05) is 6.54 Å². The van der Waals surface area contributed by atoms with Gasteiger partial charge in [-0.05, 0) is 43.4 Å². The SMILES string of the molecule is NCC(NC(=O)C1C2CCCC21)C1CC1. The maximum atomic E-state index is 12.0. The number of carbonyl (C=O) groups excluding carboxylic acids is 1. The molecule has 3 saturated carbocycles. The Morgan fingerprint density at radius 3 is 2.47 bits per heavy atom. The smallest absolute Gasteiger partial charge is 0.223 e. The van der Waals surface area contributed by atoms with Crippen LogP contribution in [0.1, 0.15) is 32.1 Å². The van der Waals surface area contributed by atoms with Crippen molar-refractivity contribution in [2.45, 2.75) is 38.1 Å². The van der Waals surface area contributed by atoms with Gasteiger partial charge in [-0.2, -0.15) is 0 Å². The van der Waals surface area contributed by atoms with Crippen molar-refractivity contribution < 1.29 is 4.79 Å². The summed E-state index contributed by atoms with van der Waals surface area (Å²) in [5.74, 6) is 2.78. The third-order valence-corrected chi connectivity index (χ3v) is 4.48. The molecule has 15 heavy (non-hydrogen) atoms. The van der Waals surface area contributed by atoms with E-state index in [1.807, 2.05) is 0 Å². The summed E-state index contributed by atoms with van der Waals surface area (Å²) in [5, 5.41) is 3.16. The van der Waals surface area contributed by atoms with E-state index in [2.05, 4.69) is 5.32 Å². The van der Waals surface area contributed by atoms with Gasteiger partial charge in [-0.25, -0.2) is 0 Å². The van der Waals surface area contributed by atoms with Crippen LogP contribution in [0.25, 0.3) is 0 Å². The van der Waals surface area contributed by atoms with Gasteiger partial charge in [0.15, 0.2) is 0 Å². The van der Waals surface area contributed by atoms with Gasteiger partial charge in [0, 0.05) is 18.5 Å². The Labute approximate surface area is 90.8 Å². The van der Waals surface area contributed by atoms with E-state index in [4.69, 9.17) is 5.73 Å². The lowest BCUT2D eigenvalue weighted by molar-refractivity contribution is -0.123. The molecule has 0 saturated heterocycles. The van der Waals surface area contributed by atoms with E-state index in [1.165, 1.54) is 32.1 Å². The van der Waals surface area contributed by atoms with Crippen LogP contribution in [-0.4, -0.2) is 18.5 Å². The number of nitrogens with one attached hydrogen (secondary N) is 1. The average molecular weight is 208 g/mol. The van der Waals surface area contributed by atoms with Crippen molar-refractivity contribution in [2.24, 2.45) is 29.4 Å². The minimum Gasteiger partial charge on any atom is -0.352 e. The molecule has 3 aliphatic carbocycles. The summed E-state index contributed by atoms with van der Waals surface area (Å²) >= 11 is 0. The highest BCUT2D eigenvalue weighted by atomic mass is 16.2. The Balaban J connectivity index is 1.52. The van der Waals surface area contributed by atoms with Crippen LogP contribution in [0.2, 0.25) is 0 Å². The van der Waals surface area contributed by atoms with E-state index in [1.54, 1.807) is 0 Å². The molecule has 3 aliphatic rings. The lowest BCUT2D eigenvalue weighted by Crippen LogP contribution is -2.43.